The van der Waals surface area contributed by atoms with Gasteiger partial charge in [0.15, 0.2) is 6.29 Å². The Morgan fingerprint density at radius 1 is 1.14 bits per heavy atom. The lowest BCUT2D eigenvalue weighted by Crippen LogP contribution is -2.00. The number of carbonyl (C=O) groups excluding carboxylic acids is 1. The first-order chi connectivity index (χ1) is 10.2. The molecular formula is C16H12N2O3. The highest BCUT2D eigenvalue weighted by atomic mass is 16.6. The third-order valence-electron chi connectivity index (χ3n) is 3.42. The first-order valence-electron chi connectivity index (χ1n) is 6.45. The van der Waals surface area contributed by atoms with Crippen molar-refractivity contribution in [1.82, 2.24) is 4.57 Å². The summed E-state index contributed by atoms with van der Waals surface area (Å²) in [6.45, 7) is 0.482. The van der Waals surface area contributed by atoms with Crippen LogP contribution in [0.4, 0.5) is 5.69 Å². The van der Waals surface area contributed by atoms with Crippen LogP contribution in [0.5, 0.6) is 0 Å². The summed E-state index contributed by atoms with van der Waals surface area (Å²) in [5.41, 5.74) is 2.35. The first-order valence-corrected chi connectivity index (χ1v) is 6.45. The average Bonchev–Trinajstić information content (AvgIpc) is 2.91. The van der Waals surface area contributed by atoms with E-state index in [1.165, 1.54) is 6.07 Å². The number of non-ortho nitro benzene ring substituents is 1. The predicted molar refractivity (Wildman–Crippen MR) is 79.5 cm³/mol. The van der Waals surface area contributed by atoms with E-state index in [2.05, 4.69) is 0 Å². The quantitative estimate of drug-likeness (QED) is 0.418. The number of aromatic nitrogens is 1. The van der Waals surface area contributed by atoms with Gasteiger partial charge in [0.05, 0.1) is 10.4 Å². The molecule has 0 aliphatic rings. The molecule has 0 atom stereocenters. The molecule has 21 heavy (non-hydrogen) atoms. The van der Waals surface area contributed by atoms with Gasteiger partial charge in [-0.3, -0.25) is 14.9 Å². The topological polar surface area (TPSA) is 65.1 Å². The van der Waals surface area contributed by atoms with Crippen LogP contribution in [0.25, 0.3) is 10.9 Å². The number of nitro benzene ring substituents is 1. The molecule has 2 aromatic carbocycles. The van der Waals surface area contributed by atoms with Crippen molar-refractivity contribution in [2.45, 2.75) is 6.54 Å². The van der Waals surface area contributed by atoms with Gasteiger partial charge in [0.2, 0.25) is 0 Å². The molecule has 104 valence electrons. The zero-order valence-electron chi connectivity index (χ0n) is 11.1. The summed E-state index contributed by atoms with van der Waals surface area (Å²) in [6, 6.07) is 14.0. The fourth-order valence-corrected chi connectivity index (χ4v) is 2.48. The minimum atomic E-state index is -0.409. The molecule has 0 fully saturated rings. The number of hydrogen-bond acceptors (Lipinski definition) is 3. The summed E-state index contributed by atoms with van der Waals surface area (Å²) in [5.74, 6) is 0. The van der Waals surface area contributed by atoms with Crippen molar-refractivity contribution < 1.29 is 9.72 Å². The maximum absolute atomic E-state index is 11.2. The molecule has 5 nitrogen and oxygen atoms in total. The smallest absolute Gasteiger partial charge is 0.269 e. The zero-order valence-corrected chi connectivity index (χ0v) is 11.1. The molecule has 0 bridgehead atoms. The molecule has 0 N–H and O–H groups in total. The van der Waals surface area contributed by atoms with E-state index in [1.807, 2.05) is 35.0 Å². The number of nitro groups is 1. The van der Waals surface area contributed by atoms with Crippen molar-refractivity contribution in [3.05, 3.63) is 76.0 Å². The van der Waals surface area contributed by atoms with E-state index in [9.17, 15) is 14.9 Å². The number of hydrogen-bond donors (Lipinski definition) is 0. The van der Waals surface area contributed by atoms with E-state index in [4.69, 9.17) is 0 Å². The minimum absolute atomic E-state index is 0.0690. The van der Waals surface area contributed by atoms with E-state index in [0.29, 0.717) is 12.1 Å². The van der Waals surface area contributed by atoms with Crippen molar-refractivity contribution in [3.63, 3.8) is 0 Å². The molecular weight excluding hydrogens is 268 g/mol. The Morgan fingerprint density at radius 3 is 2.71 bits per heavy atom. The van der Waals surface area contributed by atoms with Crippen molar-refractivity contribution in [3.8, 4) is 0 Å². The van der Waals surface area contributed by atoms with Crippen LogP contribution < -0.4 is 0 Å². The van der Waals surface area contributed by atoms with Crippen LogP contribution in [0, 0.1) is 10.1 Å². The summed E-state index contributed by atoms with van der Waals surface area (Å²) >= 11 is 0. The Bertz CT molecular complexity index is 836. The van der Waals surface area contributed by atoms with Crippen LogP contribution in [0.1, 0.15) is 15.9 Å². The maximum Gasteiger partial charge on any atom is 0.269 e. The Morgan fingerprint density at radius 2 is 1.95 bits per heavy atom. The maximum atomic E-state index is 11.2. The highest BCUT2D eigenvalue weighted by molar-refractivity contribution is 5.96. The molecule has 5 heteroatoms. The fourth-order valence-electron chi connectivity index (χ4n) is 2.48. The molecule has 3 rings (SSSR count). The molecule has 1 aromatic heterocycles. The summed E-state index contributed by atoms with van der Waals surface area (Å²) in [7, 11) is 0. The Hall–Kier alpha value is -2.95. The molecule has 0 unspecified atom stereocenters. The molecule has 3 aromatic rings. The van der Waals surface area contributed by atoms with Gasteiger partial charge in [-0.05, 0) is 17.7 Å². The van der Waals surface area contributed by atoms with Crippen molar-refractivity contribution in [1.29, 1.82) is 0 Å². The van der Waals surface area contributed by atoms with Crippen molar-refractivity contribution in [2.24, 2.45) is 0 Å². The number of benzene rings is 2. The Balaban J connectivity index is 2.04. The summed E-state index contributed by atoms with van der Waals surface area (Å²) in [6.07, 6.45) is 2.71. The second-order valence-corrected chi connectivity index (χ2v) is 4.77. The molecule has 0 aliphatic carbocycles. The van der Waals surface area contributed by atoms with Gasteiger partial charge >= 0.3 is 0 Å². The molecule has 0 saturated heterocycles. The van der Waals surface area contributed by atoms with Gasteiger partial charge in [-0.15, -0.1) is 0 Å². The van der Waals surface area contributed by atoms with Crippen molar-refractivity contribution in [2.75, 3.05) is 0 Å². The van der Waals surface area contributed by atoms with E-state index in [0.717, 1.165) is 22.8 Å². The Kier molecular flexibility index (Phi) is 3.23. The third-order valence-corrected chi connectivity index (χ3v) is 3.42. The average molecular weight is 280 g/mol. The van der Waals surface area contributed by atoms with Crippen LogP contribution >= 0.6 is 0 Å². The lowest BCUT2D eigenvalue weighted by Gasteiger charge is -2.07. The monoisotopic (exact) mass is 280 g/mol. The van der Waals surface area contributed by atoms with Crippen LogP contribution in [0.3, 0.4) is 0 Å². The molecule has 0 amide bonds. The zero-order chi connectivity index (χ0) is 14.8. The largest absolute Gasteiger partial charge is 0.342 e. The lowest BCUT2D eigenvalue weighted by atomic mass is 10.1. The summed E-state index contributed by atoms with van der Waals surface area (Å²) in [5, 5.41) is 11.8. The van der Waals surface area contributed by atoms with Gasteiger partial charge in [0.25, 0.3) is 5.69 Å². The molecule has 0 radical (unpaired) electrons. The van der Waals surface area contributed by atoms with E-state index in [-0.39, 0.29) is 5.69 Å². The SMILES string of the molecule is O=Cc1cccc2ccn(Cc3cccc([N+](=O)[O-])c3)c12. The van der Waals surface area contributed by atoms with Gasteiger partial charge in [-0.1, -0.05) is 24.3 Å². The van der Waals surface area contributed by atoms with E-state index < -0.39 is 4.92 Å². The second-order valence-electron chi connectivity index (χ2n) is 4.77. The standard InChI is InChI=1S/C16H12N2O3/c19-11-14-5-2-4-13-7-8-17(16(13)14)10-12-3-1-6-15(9-12)18(20)21/h1-9,11H,10H2. The third kappa shape index (κ3) is 2.41. The molecule has 0 saturated carbocycles. The van der Waals surface area contributed by atoms with Gasteiger partial charge in [-0.2, -0.15) is 0 Å². The molecule has 1 heterocycles. The number of para-hydroxylation sites is 1. The number of nitrogens with zero attached hydrogens (tertiary/aromatic N) is 2. The summed E-state index contributed by atoms with van der Waals surface area (Å²) in [4.78, 5) is 21.6. The van der Waals surface area contributed by atoms with Gasteiger partial charge in [-0.25, -0.2) is 0 Å². The molecule has 0 aliphatic heterocycles. The first kappa shape index (κ1) is 13.1. The normalized spacial score (nSPS) is 10.7. The van der Waals surface area contributed by atoms with Crippen LogP contribution in [-0.4, -0.2) is 15.8 Å². The number of rotatable bonds is 4. The summed E-state index contributed by atoms with van der Waals surface area (Å²) < 4.78 is 1.93. The lowest BCUT2D eigenvalue weighted by molar-refractivity contribution is -0.384. The van der Waals surface area contributed by atoms with Crippen LogP contribution in [0.15, 0.2) is 54.7 Å². The van der Waals surface area contributed by atoms with Crippen LogP contribution in [0.2, 0.25) is 0 Å². The number of aldehydes is 1. The van der Waals surface area contributed by atoms with Gasteiger partial charge in [0.1, 0.15) is 0 Å². The van der Waals surface area contributed by atoms with E-state index >= 15 is 0 Å². The van der Waals surface area contributed by atoms with E-state index in [1.54, 1.807) is 18.2 Å². The highest BCUT2D eigenvalue weighted by Gasteiger charge is 2.09. The minimum Gasteiger partial charge on any atom is -0.342 e. The molecule has 0 spiro atoms. The number of fused-ring (bicyclic) bond motifs is 1. The Labute approximate surface area is 120 Å². The fraction of sp³-hybridized carbons (Fsp3) is 0.0625. The van der Waals surface area contributed by atoms with Crippen LogP contribution in [-0.2, 0) is 6.54 Å². The highest BCUT2D eigenvalue weighted by Crippen LogP contribution is 2.21. The predicted octanol–water partition coefficient (Wildman–Crippen LogP) is 3.41. The van der Waals surface area contributed by atoms with Gasteiger partial charge in [0, 0.05) is 35.8 Å². The second kappa shape index (κ2) is 5.20. The number of carbonyl (C=O) groups is 1. The van der Waals surface area contributed by atoms with Crippen molar-refractivity contribution >= 4 is 22.9 Å². The van der Waals surface area contributed by atoms with Gasteiger partial charge < -0.3 is 4.57 Å².